The highest BCUT2D eigenvalue weighted by Gasteiger charge is 2.27. The Bertz CT molecular complexity index is 1010. The first-order valence-electron chi connectivity index (χ1n) is 10.4. The van der Waals surface area contributed by atoms with Gasteiger partial charge in [0.05, 0.1) is 23.3 Å². The lowest BCUT2D eigenvalue weighted by atomic mass is 10.1. The Kier molecular flexibility index (Phi) is 7.50. The van der Waals surface area contributed by atoms with Gasteiger partial charge in [0.2, 0.25) is 10.0 Å². The number of carbonyl (C=O) groups is 2. The predicted molar refractivity (Wildman–Crippen MR) is 114 cm³/mol. The zero-order chi connectivity index (χ0) is 22.4. The number of furan rings is 1. The van der Waals surface area contributed by atoms with E-state index in [4.69, 9.17) is 9.15 Å². The van der Waals surface area contributed by atoms with Gasteiger partial charge >= 0.3 is 5.97 Å². The van der Waals surface area contributed by atoms with E-state index in [1.807, 2.05) is 6.92 Å². The monoisotopic (exact) mass is 448 g/mol. The third-order valence-corrected chi connectivity index (χ3v) is 6.50. The Hall–Kier alpha value is -2.65. The fourth-order valence-electron chi connectivity index (χ4n) is 3.15. The van der Waals surface area contributed by atoms with Crippen LogP contribution in [0.4, 0.5) is 0 Å². The number of nitrogens with one attached hydrogen (secondary N) is 1. The highest BCUT2D eigenvalue weighted by atomic mass is 32.2. The third kappa shape index (κ3) is 6.41. The van der Waals surface area contributed by atoms with Gasteiger partial charge in [-0.2, -0.15) is 0 Å². The van der Waals surface area contributed by atoms with Gasteiger partial charge in [0.15, 0.2) is 6.61 Å². The molecular formula is C22H28N2O6S. The van der Waals surface area contributed by atoms with Gasteiger partial charge in [-0.05, 0) is 61.9 Å². The van der Waals surface area contributed by atoms with Crippen molar-refractivity contribution < 1.29 is 27.2 Å². The van der Waals surface area contributed by atoms with Gasteiger partial charge in [-0.25, -0.2) is 17.9 Å². The molecule has 168 valence electrons. The quantitative estimate of drug-likeness (QED) is 0.530. The van der Waals surface area contributed by atoms with E-state index in [0.29, 0.717) is 30.3 Å². The molecule has 8 nitrogen and oxygen atoms in total. The van der Waals surface area contributed by atoms with Gasteiger partial charge < -0.3 is 14.1 Å². The summed E-state index contributed by atoms with van der Waals surface area (Å²) < 4.78 is 38.0. The molecule has 9 heteroatoms. The minimum Gasteiger partial charge on any atom is -0.468 e. The van der Waals surface area contributed by atoms with Gasteiger partial charge in [0.25, 0.3) is 5.91 Å². The number of ether oxygens (including phenoxy) is 1. The summed E-state index contributed by atoms with van der Waals surface area (Å²) in [7, 11) is -3.86. The van der Waals surface area contributed by atoms with E-state index in [1.165, 1.54) is 24.5 Å². The van der Waals surface area contributed by atoms with Crippen LogP contribution >= 0.6 is 0 Å². The van der Waals surface area contributed by atoms with Crippen LogP contribution in [0.1, 0.15) is 47.9 Å². The summed E-state index contributed by atoms with van der Waals surface area (Å²) in [4.78, 5) is 26.7. The molecule has 1 aromatic carbocycles. The number of sulfonamides is 1. The number of nitrogens with zero attached hydrogens (tertiary/aromatic N) is 1. The molecule has 0 saturated heterocycles. The van der Waals surface area contributed by atoms with Gasteiger partial charge in [-0.1, -0.05) is 13.0 Å². The van der Waals surface area contributed by atoms with Gasteiger partial charge in [0, 0.05) is 13.1 Å². The van der Waals surface area contributed by atoms with Gasteiger partial charge in [-0.3, -0.25) is 4.79 Å². The average molecular weight is 449 g/mol. The fraction of sp³-hybridized carbons (Fsp3) is 0.455. The van der Waals surface area contributed by atoms with Crippen LogP contribution in [0.2, 0.25) is 0 Å². The standard InChI is InChI=1S/C22H28N2O6S/c1-3-10-24(14-17-7-8-17)21(25)15-30-22(26)20-12-19(9-6-16(20)2)31(27,28)23-13-18-5-4-11-29-18/h4-6,9,11-12,17,23H,3,7-8,10,13-15H2,1-2H3. The van der Waals surface area contributed by atoms with E-state index in [1.54, 1.807) is 24.0 Å². The van der Waals surface area contributed by atoms with E-state index in [2.05, 4.69) is 4.72 Å². The number of aryl methyl sites for hydroxylation is 1. The summed E-state index contributed by atoms with van der Waals surface area (Å²) >= 11 is 0. The topological polar surface area (TPSA) is 106 Å². The molecule has 1 saturated carbocycles. The molecule has 0 unspecified atom stereocenters. The fourth-order valence-corrected chi connectivity index (χ4v) is 4.17. The molecule has 1 aliphatic rings. The maximum absolute atomic E-state index is 12.6. The second-order valence-corrected chi connectivity index (χ2v) is 9.51. The first-order valence-corrected chi connectivity index (χ1v) is 11.9. The summed E-state index contributed by atoms with van der Waals surface area (Å²) in [6.07, 6.45) is 4.54. The molecule has 1 fully saturated rings. The second kappa shape index (κ2) is 10.1. The smallest absolute Gasteiger partial charge is 0.338 e. The van der Waals surface area contributed by atoms with Crippen LogP contribution < -0.4 is 4.72 Å². The molecule has 1 N–H and O–H groups in total. The van der Waals surface area contributed by atoms with Crippen LogP contribution in [0.15, 0.2) is 45.9 Å². The van der Waals surface area contributed by atoms with Crippen molar-refractivity contribution in [2.75, 3.05) is 19.7 Å². The summed E-state index contributed by atoms with van der Waals surface area (Å²) in [5.74, 6) is 0.0566. The Balaban J connectivity index is 1.64. The predicted octanol–water partition coefficient (Wildman–Crippen LogP) is 2.87. The number of hydrogen-bond acceptors (Lipinski definition) is 6. The highest BCUT2D eigenvalue weighted by molar-refractivity contribution is 7.89. The Morgan fingerprint density at radius 3 is 2.68 bits per heavy atom. The van der Waals surface area contributed by atoms with Crippen molar-refractivity contribution in [3.05, 3.63) is 53.5 Å². The molecular weight excluding hydrogens is 420 g/mol. The molecule has 31 heavy (non-hydrogen) atoms. The summed E-state index contributed by atoms with van der Waals surface area (Å²) in [5, 5.41) is 0. The van der Waals surface area contributed by atoms with Crippen LogP contribution in [0.3, 0.4) is 0 Å². The van der Waals surface area contributed by atoms with Crippen molar-refractivity contribution in [1.82, 2.24) is 9.62 Å². The van der Waals surface area contributed by atoms with Crippen LogP contribution in [0, 0.1) is 12.8 Å². The maximum Gasteiger partial charge on any atom is 0.338 e. The Morgan fingerprint density at radius 2 is 2.03 bits per heavy atom. The van der Waals surface area contributed by atoms with E-state index in [0.717, 1.165) is 19.3 Å². The summed E-state index contributed by atoms with van der Waals surface area (Å²) in [6.45, 7) is 4.62. The average Bonchev–Trinajstić information content (AvgIpc) is 3.40. The van der Waals surface area contributed by atoms with Crippen LogP contribution in [-0.2, 0) is 26.1 Å². The lowest BCUT2D eigenvalue weighted by Crippen LogP contribution is -2.36. The lowest BCUT2D eigenvalue weighted by molar-refractivity contribution is -0.134. The van der Waals surface area contributed by atoms with Crippen LogP contribution in [0.25, 0.3) is 0 Å². The van der Waals surface area contributed by atoms with Crippen molar-refractivity contribution in [1.29, 1.82) is 0 Å². The molecule has 0 radical (unpaired) electrons. The molecule has 3 rings (SSSR count). The molecule has 0 bridgehead atoms. The number of hydrogen-bond donors (Lipinski definition) is 1. The molecule has 0 atom stereocenters. The summed E-state index contributed by atoms with van der Waals surface area (Å²) in [6, 6.07) is 7.54. The number of esters is 1. The van der Waals surface area contributed by atoms with E-state index in [9.17, 15) is 18.0 Å². The highest BCUT2D eigenvalue weighted by Crippen LogP contribution is 2.29. The number of rotatable bonds is 11. The van der Waals surface area contributed by atoms with Crippen molar-refractivity contribution >= 4 is 21.9 Å². The van der Waals surface area contributed by atoms with Gasteiger partial charge in [-0.15, -0.1) is 0 Å². The van der Waals surface area contributed by atoms with Crippen LogP contribution in [0.5, 0.6) is 0 Å². The normalized spacial score (nSPS) is 13.7. The summed E-state index contributed by atoms with van der Waals surface area (Å²) in [5.41, 5.74) is 0.670. The maximum atomic E-state index is 12.6. The molecule has 1 heterocycles. The first kappa shape index (κ1) is 23.0. The van der Waals surface area contributed by atoms with E-state index < -0.39 is 16.0 Å². The van der Waals surface area contributed by atoms with Gasteiger partial charge in [0.1, 0.15) is 5.76 Å². The Morgan fingerprint density at radius 1 is 1.26 bits per heavy atom. The molecule has 2 aromatic rings. The number of benzene rings is 1. The molecule has 1 aliphatic carbocycles. The Labute approximate surface area is 182 Å². The minimum absolute atomic E-state index is 0.00819. The van der Waals surface area contributed by atoms with Crippen molar-refractivity contribution in [2.24, 2.45) is 5.92 Å². The zero-order valence-corrected chi connectivity index (χ0v) is 18.6. The van der Waals surface area contributed by atoms with E-state index in [-0.39, 0.29) is 29.5 Å². The van der Waals surface area contributed by atoms with Crippen molar-refractivity contribution in [3.8, 4) is 0 Å². The number of amides is 1. The van der Waals surface area contributed by atoms with Crippen molar-refractivity contribution in [3.63, 3.8) is 0 Å². The molecule has 1 amide bonds. The van der Waals surface area contributed by atoms with E-state index >= 15 is 0 Å². The molecule has 0 spiro atoms. The first-order chi connectivity index (χ1) is 14.8. The van der Waals surface area contributed by atoms with Crippen molar-refractivity contribution in [2.45, 2.75) is 44.6 Å². The molecule has 0 aliphatic heterocycles. The second-order valence-electron chi connectivity index (χ2n) is 7.74. The lowest BCUT2D eigenvalue weighted by Gasteiger charge is -2.22. The SMILES string of the molecule is CCCN(CC1CC1)C(=O)COC(=O)c1cc(S(=O)(=O)NCc2ccco2)ccc1C. The molecule has 1 aromatic heterocycles. The zero-order valence-electron chi connectivity index (χ0n) is 17.8. The minimum atomic E-state index is -3.86. The third-order valence-electron chi connectivity index (χ3n) is 5.10. The largest absolute Gasteiger partial charge is 0.468 e. The number of carbonyl (C=O) groups excluding carboxylic acids is 2. The van der Waals surface area contributed by atoms with Crippen LogP contribution in [-0.4, -0.2) is 44.9 Å².